The highest BCUT2D eigenvalue weighted by Crippen LogP contribution is 2.32. The van der Waals surface area contributed by atoms with Crippen LogP contribution in [0.25, 0.3) is 11.3 Å². The average molecular weight is 365 g/mol. The number of halogens is 3. The maximum atomic E-state index is 12.8. The van der Waals surface area contributed by atoms with E-state index in [-0.39, 0.29) is 23.0 Å². The first kappa shape index (κ1) is 17.3. The predicted molar refractivity (Wildman–Crippen MR) is 89.3 cm³/mol. The van der Waals surface area contributed by atoms with E-state index in [1.807, 2.05) is 16.8 Å². The van der Waals surface area contributed by atoms with Gasteiger partial charge in [0.15, 0.2) is 5.76 Å². The average Bonchev–Trinajstić information content (AvgIpc) is 3.25. The number of rotatable bonds is 4. The molecule has 0 fully saturated rings. The Labute approximate surface area is 146 Å². The lowest BCUT2D eigenvalue weighted by molar-refractivity contribution is -0.137. The summed E-state index contributed by atoms with van der Waals surface area (Å²) < 4.78 is 43.9. The van der Waals surface area contributed by atoms with Gasteiger partial charge in [-0.2, -0.15) is 24.5 Å². The van der Waals surface area contributed by atoms with Crippen molar-refractivity contribution in [1.29, 1.82) is 0 Å². The highest BCUT2D eigenvalue weighted by molar-refractivity contribution is 7.07. The molecule has 2 aromatic heterocycles. The van der Waals surface area contributed by atoms with Gasteiger partial charge in [-0.05, 0) is 46.7 Å². The Hall–Kier alpha value is -2.54. The lowest BCUT2D eigenvalue weighted by atomic mass is 10.1. The number of amides is 1. The van der Waals surface area contributed by atoms with Crippen LogP contribution in [-0.4, -0.2) is 17.9 Å². The topological polar surface area (TPSA) is 33.5 Å². The van der Waals surface area contributed by atoms with Crippen LogP contribution in [0.4, 0.5) is 13.2 Å². The zero-order valence-corrected chi connectivity index (χ0v) is 14.0. The van der Waals surface area contributed by atoms with Crippen molar-refractivity contribution in [1.82, 2.24) is 4.90 Å². The Morgan fingerprint density at radius 1 is 1.20 bits per heavy atom. The van der Waals surface area contributed by atoms with Gasteiger partial charge in [-0.3, -0.25) is 4.79 Å². The van der Waals surface area contributed by atoms with E-state index in [4.69, 9.17) is 4.42 Å². The van der Waals surface area contributed by atoms with E-state index in [9.17, 15) is 18.0 Å². The van der Waals surface area contributed by atoms with E-state index in [2.05, 4.69) is 0 Å². The molecule has 0 aliphatic carbocycles. The molecule has 0 aliphatic rings. The number of nitrogens with zero attached hydrogens (tertiary/aromatic N) is 1. The van der Waals surface area contributed by atoms with Crippen molar-refractivity contribution in [2.75, 3.05) is 7.05 Å². The molecule has 0 aliphatic heterocycles. The molecule has 1 amide bonds. The molecular formula is C18H14F3NO2S. The maximum absolute atomic E-state index is 12.8. The fourth-order valence-corrected chi connectivity index (χ4v) is 3.03. The normalized spacial score (nSPS) is 11.5. The maximum Gasteiger partial charge on any atom is 0.416 e. The van der Waals surface area contributed by atoms with E-state index in [0.29, 0.717) is 6.54 Å². The van der Waals surface area contributed by atoms with Gasteiger partial charge in [0.2, 0.25) is 0 Å². The number of furan rings is 1. The van der Waals surface area contributed by atoms with Crippen molar-refractivity contribution >= 4 is 17.2 Å². The lowest BCUT2D eigenvalue weighted by Gasteiger charge is -2.14. The van der Waals surface area contributed by atoms with Crippen molar-refractivity contribution in [3.63, 3.8) is 0 Å². The second kappa shape index (κ2) is 6.76. The zero-order valence-electron chi connectivity index (χ0n) is 13.2. The van der Waals surface area contributed by atoms with E-state index >= 15 is 0 Å². The SMILES string of the molecule is CN(Cc1ccsc1)C(=O)c1ccc(-c2cccc(C(F)(F)F)c2)o1. The summed E-state index contributed by atoms with van der Waals surface area (Å²) in [6.07, 6.45) is -4.43. The molecule has 3 aromatic rings. The minimum Gasteiger partial charge on any atom is -0.451 e. The second-order valence-electron chi connectivity index (χ2n) is 5.54. The molecule has 0 unspecified atom stereocenters. The number of benzene rings is 1. The van der Waals surface area contributed by atoms with E-state index in [1.54, 1.807) is 18.4 Å². The predicted octanol–water partition coefficient (Wildman–Crippen LogP) is 5.30. The zero-order chi connectivity index (χ0) is 18.0. The van der Waals surface area contributed by atoms with E-state index in [1.165, 1.54) is 29.2 Å². The molecule has 0 saturated heterocycles. The second-order valence-corrected chi connectivity index (χ2v) is 6.32. The van der Waals surface area contributed by atoms with Crippen LogP contribution in [0.1, 0.15) is 21.7 Å². The first-order valence-electron chi connectivity index (χ1n) is 7.38. The van der Waals surface area contributed by atoms with Crippen LogP contribution in [0.15, 0.2) is 57.6 Å². The van der Waals surface area contributed by atoms with E-state index in [0.717, 1.165) is 17.7 Å². The van der Waals surface area contributed by atoms with Gasteiger partial charge in [0.05, 0.1) is 5.56 Å². The Kier molecular flexibility index (Phi) is 4.67. The number of thiophene rings is 1. The van der Waals surface area contributed by atoms with Crippen molar-refractivity contribution in [2.45, 2.75) is 12.7 Å². The molecule has 2 heterocycles. The Balaban J connectivity index is 1.79. The summed E-state index contributed by atoms with van der Waals surface area (Å²) in [5, 5.41) is 3.87. The summed E-state index contributed by atoms with van der Waals surface area (Å²) in [5.74, 6) is -0.0204. The monoisotopic (exact) mass is 365 g/mol. The number of hydrogen-bond acceptors (Lipinski definition) is 3. The highest BCUT2D eigenvalue weighted by Gasteiger charge is 2.30. The summed E-state index contributed by atoms with van der Waals surface area (Å²) >= 11 is 1.54. The number of carbonyl (C=O) groups is 1. The number of alkyl halides is 3. The minimum atomic E-state index is -4.43. The standard InChI is InChI=1S/C18H14F3NO2S/c1-22(10-12-7-8-25-11-12)17(23)16-6-5-15(24-16)13-3-2-4-14(9-13)18(19,20)21/h2-9,11H,10H2,1H3. The largest absolute Gasteiger partial charge is 0.451 e. The molecular weight excluding hydrogens is 351 g/mol. The molecule has 7 heteroatoms. The fraction of sp³-hybridized carbons (Fsp3) is 0.167. The van der Waals surface area contributed by atoms with Crippen molar-refractivity contribution in [3.8, 4) is 11.3 Å². The van der Waals surface area contributed by atoms with Gasteiger partial charge < -0.3 is 9.32 Å². The van der Waals surface area contributed by atoms with Gasteiger partial charge in [0.25, 0.3) is 5.91 Å². The number of carbonyl (C=O) groups excluding carboxylic acids is 1. The van der Waals surface area contributed by atoms with E-state index < -0.39 is 11.7 Å². The summed E-state index contributed by atoms with van der Waals surface area (Å²) in [7, 11) is 1.65. The summed E-state index contributed by atoms with van der Waals surface area (Å²) in [4.78, 5) is 13.9. The number of hydrogen-bond donors (Lipinski definition) is 0. The molecule has 0 atom stereocenters. The molecule has 3 rings (SSSR count). The first-order valence-corrected chi connectivity index (χ1v) is 8.33. The summed E-state index contributed by atoms with van der Waals surface area (Å²) in [6, 6.07) is 9.71. The Bertz CT molecular complexity index is 869. The van der Waals surface area contributed by atoms with Gasteiger partial charge in [-0.1, -0.05) is 12.1 Å². The third kappa shape index (κ3) is 3.93. The molecule has 0 spiro atoms. The van der Waals surface area contributed by atoms with Crippen molar-refractivity contribution < 1.29 is 22.4 Å². The van der Waals surface area contributed by atoms with Gasteiger partial charge in [-0.15, -0.1) is 0 Å². The van der Waals surface area contributed by atoms with Crippen molar-refractivity contribution in [3.05, 3.63) is 70.1 Å². The third-order valence-corrected chi connectivity index (χ3v) is 4.37. The van der Waals surface area contributed by atoms with Gasteiger partial charge >= 0.3 is 6.18 Å². The van der Waals surface area contributed by atoms with Gasteiger partial charge in [-0.25, -0.2) is 0 Å². The summed E-state index contributed by atoms with van der Waals surface area (Å²) in [5.41, 5.74) is 0.517. The summed E-state index contributed by atoms with van der Waals surface area (Å²) in [6.45, 7) is 0.432. The minimum absolute atomic E-state index is 0.0881. The van der Waals surface area contributed by atoms with Gasteiger partial charge in [0, 0.05) is 19.2 Å². The molecule has 3 nitrogen and oxygen atoms in total. The molecule has 130 valence electrons. The molecule has 0 N–H and O–H groups in total. The molecule has 0 bridgehead atoms. The van der Waals surface area contributed by atoms with Crippen molar-refractivity contribution in [2.24, 2.45) is 0 Å². The van der Waals surface area contributed by atoms with Crippen LogP contribution < -0.4 is 0 Å². The van der Waals surface area contributed by atoms with Crippen LogP contribution in [0, 0.1) is 0 Å². The third-order valence-electron chi connectivity index (χ3n) is 3.64. The first-order chi connectivity index (χ1) is 11.8. The van der Waals surface area contributed by atoms with Crippen LogP contribution >= 0.6 is 11.3 Å². The highest BCUT2D eigenvalue weighted by atomic mass is 32.1. The molecule has 0 saturated carbocycles. The van der Waals surface area contributed by atoms with Crippen LogP contribution in [0.2, 0.25) is 0 Å². The molecule has 25 heavy (non-hydrogen) atoms. The quantitative estimate of drug-likeness (QED) is 0.629. The molecule has 1 aromatic carbocycles. The Morgan fingerprint density at radius 3 is 2.68 bits per heavy atom. The smallest absolute Gasteiger partial charge is 0.416 e. The van der Waals surface area contributed by atoms with Crippen LogP contribution in [0.5, 0.6) is 0 Å². The Morgan fingerprint density at radius 2 is 2.00 bits per heavy atom. The fourth-order valence-electron chi connectivity index (χ4n) is 2.37. The lowest BCUT2D eigenvalue weighted by Crippen LogP contribution is -2.25. The van der Waals surface area contributed by atoms with Crippen LogP contribution in [-0.2, 0) is 12.7 Å². The van der Waals surface area contributed by atoms with Crippen LogP contribution in [0.3, 0.4) is 0 Å². The molecule has 0 radical (unpaired) electrons. The van der Waals surface area contributed by atoms with Gasteiger partial charge in [0.1, 0.15) is 5.76 Å².